The number of aliphatic imine (C=N–C) groups is 1. The molecule has 0 saturated heterocycles. The van der Waals surface area contributed by atoms with Gasteiger partial charge in [0.2, 0.25) is 12.1 Å². The Morgan fingerprint density at radius 3 is 2.26 bits per heavy atom. The van der Waals surface area contributed by atoms with E-state index in [1.54, 1.807) is 70.3 Å². The van der Waals surface area contributed by atoms with Gasteiger partial charge in [-0.15, -0.1) is 0 Å². The molecule has 0 spiro atoms. The second-order valence-corrected chi connectivity index (χ2v) is 10.2. The maximum atomic E-state index is 14.9. The Bertz CT molecular complexity index is 1400. The van der Waals surface area contributed by atoms with Gasteiger partial charge in [0.25, 0.3) is 5.91 Å². The molecule has 9 heteroatoms. The van der Waals surface area contributed by atoms with Crippen molar-refractivity contribution in [2.24, 2.45) is 4.99 Å². The molecule has 0 saturated carbocycles. The maximum Gasteiger partial charge on any atom is 0.408 e. The number of amides is 3. The van der Waals surface area contributed by atoms with Crippen LogP contribution in [0.2, 0.25) is 0 Å². The van der Waals surface area contributed by atoms with Crippen molar-refractivity contribution >= 4 is 29.3 Å². The average Bonchev–Trinajstić information content (AvgIpc) is 2.99. The van der Waals surface area contributed by atoms with E-state index in [2.05, 4.69) is 15.6 Å². The van der Waals surface area contributed by atoms with Crippen LogP contribution in [-0.4, -0.2) is 48.5 Å². The number of carbonyl (C=O) groups is 3. The van der Waals surface area contributed by atoms with Crippen LogP contribution >= 0.6 is 0 Å². The van der Waals surface area contributed by atoms with Crippen LogP contribution in [0.1, 0.15) is 37.5 Å². The van der Waals surface area contributed by atoms with Gasteiger partial charge >= 0.3 is 6.09 Å². The van der Waals surface area contributed by atoms with Crippen molar-refractivity contribution in [2.45, 2.75) is 45.0 Å². The predicted molar refractivity (Wildman–Crippen MR) is 147 cm³/mol. The zero-order valence-corrected chi connectivity index (χ0v) is 22.3. The normalized spacial score (nSPS) is 15.9. The van der Waals surface area contributed by atoms with E-state index in [1.165, 1.54) is 11.0 Å². The SMILES string of the molecule is CN1C(=O)C(NC(=O)[C@H](Cc2ccccc2)NC(=O)OC(C)(C)C)N=C(c2ccccc2F)c2ccccc21. The summed E-state index contributed by atoms with van der Waals surface area (Å²) in [5.41, 5.74) is 1.51. The largest absolute Gasteiger partial charge is 0.444 e. The number of hydrogen-bond acceptors (Lipinski definition) is 5. The number of benzene rings is 3. The highest BCUT2D eigenvalue weighted by molar-refractivity contribution is 6.20. The summed E-state index contributed by atoms with van der Waals surface area (Å²) in [5, 5.41) is 5.29. The second-order valence-electron chi connectivity index (χ2n) is 10.2. The van der Waals surface area contributed by atoms with E-state index in [-0.39, 0.29) is 17.7 Å². The molecule has 1 aliphatic rings. The van der Waals surface area contributed by atoms with Crippen LogP contribution in [0, 0.1) is 5.82 Å². The Kier molecular flexibility index (Phi) is 8.09. The molecule has 0 fully saturated rings. The van der Waals surface area contributed by atoms with Gasteiger partial charge in [0.05, 0.1) is 11.4 Å². The first-order valence-electron chi connectivity index (χ1n) is 12.6. The Morgan fingerprint density at radius 1 is 0.974 bits per heavy atom. The number of hydrogen-bond donors (Lipinski definition) is 2. The van der Waals surface area contributed by atoms with Crippen LogP contribution < -0.4 is 15.5 Å². The van der Waals surface area contributed by atoms with E-state index in [1.807, 2.05) is 30.3 Å². The first kappa shape index (κ1) is 27.5. The van der Waals surface area contributed by atoms with Gasteiger partial charge in [-0.25, -0.2) is 14.2 Å². The molecule has 8 nitrogen and oxygen atoms in total. The molecule has 3 aromatic rings. The molecular formula is C30H31FN4O4. The number of carbonyl (C=O) groups excluding carboxylic acids is 3. The van der Waals surface area contributed by atoms with Crippen molar-refractivity contribution in [1.29, 1.82) is 0 Å². The number of fused-ring (bicyclic) bond motifs is 1. The first-order valence-corrected chi connectivity index (χ1v) is 12.6. The van der Waals surface area contributed by atoms with E-state index in [9.17, 15) is 18.8 Å². The van der Waals surface area contributed by atoms with Gasteiger partial charge < -0.3 is 20.3 Å². The third-order valence-electron chi connectivity index (χ3n) is 6.04. The smallest absolute Gasteiger partial charge is 0.408 e. The predicted octanol–water partition coefficient (Wildman–Crippen LogP) is 4.22. The molecule has 202 valence electrons. The Balaban J connectivity index is 1.69. The number of rotatable bonds is 6. The van der Waals surface area contributed by atoms with E-state index in [0.717, 1.165) is 5.56 Å². The van der Waals surface area contributed by atoms with E-state index in [0.29, 0.717) is 11.3 Å². The third-order valence-corrected chi connectivity index (χ3v) is 6.04. The van der Waals surface area contributed by atoms with Crippen molar-refractivity contribution in [1.82, 2.24) is 10.6 Å². The summed E-state index contributed by atoms with van der Waals surface area (Å²) in [6, 6.07) is 21.2. The Hall–Kier alpha value is -4.53. The fourth-order valence-electron chi connectivity index (χ4n) is 4.23. The van der Waals surface area contributed by atoms with Crippen LogP contribution in [0.4, 0.5) is 14.9 Å². The molecule has 2 atom stereocenters. The van der Waals surface area contributed by atoms with Crippen LogP contribution in [-0.2, 0) is 20.7 Å². The lowest BCUT2D eigenvalue weighted by atomic mass is 10.00. The number of nitrogens with zero attached hydrogens (tertiary/aromatic N) is 2. The molecule has 0 aliphatic carbocycles. The minimum atomic E-state index is -1.37. The minimum absolute atomic E-state index is 0.146. The summed E-state index contributed by atoms with van der Waals surface area (Å²) in [7, 11) is 1.57. The van der Waals surface area contributed by atoms with E-state index < -0.39 is 41.5 Å². The standard InChI is InChI=1S/C30H31FN4O4/c1-30(2,3)39-29(38)32-23(18-19-12-6-5-7-13-19)27(36)34-26-28(37)35(4)24-17-11-9-15-21(24)25(33-26)20-14-8-10-16-22(20)31/h5-17,23,26H,18H2,1-4H3,(H,32,38)(H,34,36)/t23-,26?/m0/s1. The zero-order chi connectivity index (χ0) is 28.2. The van der Waals surface area contributed by atoms with Crippen LogP contribution in [0.3, 0.4) is 0 Å². The number of para-hydroxylation sites is 1. The number of ether oxygens (including phenoxy) is 1. The molecule has 1 unspecified atom stereocenters. The summed E-state index contributed by atoms with van der Waals surface area (Å²) in [6.07, 6.45) is -2.00. The molecule has 39 heavy (non-hydrogen) atoms. The fourth-order valence-corrected chi connectivity index (χ4v) is 4.23. The summed E-state index contributed by atoms with van der Waals surface area (Å²) >= 11 is 0. The zero-order valence-electron chi connectivity index (χ0n) is 22.3. The Labute approximate surface area is 226 Å². The fraction of sp³-hybridized carbons (Fsp3) is 0.267. The van der Waals surface area contributed by atoms with Crippen molar-refractivity contribution in [2.75, 3.05) is 11.9 Å². The topological polar surface area (TPSA) is 100 Å². The minimum Gasteiger partial charge on any atom is -0.444 e. The van der Waals surface area contributed by atoms with Gasteiger partial charge in [0.15, 0.2) is 0 Å². The van der Waals surface area contributed by atoms with Gasteiger partial charge in [-0.1, -0.05) is 60.7 Å². The number of likely N-dealkylation sites (N-methyl/N-ethyl adjacent to an activating group) is 1. The van der Waals surface area contributed by atoms with E-state index >= 15 is 0 Å². The molecule has 0 bridgehead atoms. The van der Waals surface area contributed by atoms with Crippen LogP contribution in [0.25, 0.3) is 0 Å². The Morgan fingerprint density at radius 2 is 1.59 bits per heavy atom. The van der Waals surface area contributed by atoms with Crippen LogP contribution in [0.15, 0.2) is 83.9 Å². The molecule has 4 rings (SSSR count). The van der Waals surface area contributed by atoms with Crippen molar-refractivity contribution in [3.8, 4) is 0 Å². The molecule has 0 radical (unpaired) electrons. The van der Waals surface area contributed by atoms with Gasteiger partial charge in [0, 0.05) is 24.6 Å². The van der Waals surface area contributed by atoms with Gasteiger partial charge in [-0.3, -0.25) is 9.59 Å². The lowest BCUT2D eigenvalue weighted by molar-refractivity contribution is -0.128. The van der Waals surface area contributed by atoms with Crippen molar-refractivity contribution < 1.29 is 23.5 Å². The molecule has 3 amide bonds. The maximum absolute atomic E-state index is 14.9. The van der Waals surface area contributed by atoms with Gasteiger partial charge in [-0.05, 0) is 44.5 Å². The lowest BCUT2D eigenvalue weighted by Gasteiger charge is -2.25. The molecular weight excluding hydrogens is 499 g/mol. The molecule has 1 heterocycles. The first-order chi connectivity index (χ1) is 18.5. The average molecular weight is 531 g/mol. The summed E-state index contributed by atoms with van der Waals surface area (Å²) in [5.74, 6) is -1.67. The highest BCUT2D eigenvalue weighted by Gasteiger charge is 2.34. The van der Waals surface area contributed by atoms with Gasteiger partial charge in [0.1, 0.15) is 17.5 Å². The van der Waals surface area contributed by atoms with E-state index in [4.69, 9.17) is 4.74 Å². The molecule has 0 aromatic heterocycles. The lowest BCUT2D eigenvalue weighted by Crippen LogP contribution is -2.54. The van der Waals surface area contributed by atoms with Gasteiger partial charge in [-0.2, -0.15) is 0 Å². The third kappa shape index (κ3) is 6.67. The highest BCUT2D eigenvalue weighted by Crippen LogP contribution is 2.28. The second kappa shape index (κ2) is 11.5. The van der Waals surface area contributed by atoms with Crippen LogP contribution in [0.5, 0.6) is 0 Å². The molecule has 1 aliphatic heterocycles. The summed E-state index contributed by atoms with van der Waals surface area (Å²) in [6.45, 7) is 5.15. The molecule has 2 N–H and O–H groups in total. The van der Waals surface area contributed by atoms with Crippen molar-refractivity contribution in [3.63, 3.8) is 0 Å². The molecule has 3 aromatic carbocycles. The number of halogens is 1. The number of anilines is 1. The highest BCUT2D eigenvalue weighted by atomic mass is 19.1. The number of nitrogens with one attached hydrogen (secondary N) is 2. The number of benzodiazepines with no additional fused rings is 1. The monoisotopic (exact) mass is 530 g/mol. The summed E-state index contributed by atoms with van der Waals surface area (Å²) in [4.78, 5) is 45.6. The summed E-state index contributed by atoms with van der Waals surface area (Å²) < 4.78 is 20.3. The van der Waals surface area contributed by atoms with Crippen molar-refractivity contribution in [3.05, 3.63) is 101 Å². The number of alkyl carbamates (subject to hydrolysis) is 1. The quantitative estimate of drug-likeness (QED) is 0.499.